The Kier molecular flexibility index (Phi) is 6.98. The Bertz CT molecular complexity index is 395. The number of aliphatic hydroxyl groups excluding tert-OH is 1. The van der Waals surface area contributed by atoms with E-state index in [4.69, 9.17) is 18.9 Å². The van der Waals surface area contributed by atoms with E-state index in [1.54, 1.807) is 41.5 Å². The third-order valence-electron chi connectivity index (χ3n) is 3.21. The molecule has 0 aromatic heterocycles. The zero-order chi connectivity index (χ0) is 17.8. The van der Waals surface area contributed by atoms with Gasteiger partial charge in [-0.05, 0) is 48.0 Å². The maximum atomic E-state index is 12.1. The van der Waals surface area contributed by atoms with Crippen LogP contribution in [0.15, 0.2) is 0 Å². The van der Waals surface area contributed by atoms with E-state index in [0.717, 1.165) is 0 Å². The molecular formula is C16H28O7. The van der Waals surface area contributed by atoms with Gasteiger partial charge in [0, 0.05) is 0 Å². The lowest BCUT2D eigenvalue weighted by atomic mass is 9.98. The summed E-state index contributed by atoms with van der Waals surface area (Å²) in [6, 6.07) is 0. The second-order valence-corrected chi connectivity index (χ2v) is 6.69. The van der Waals surface area contributed by atoms with E-state index < -0.39 is 35.9 Å². The highest BCUT2D eigenvalue weighted by atomic mass is 16.7. The molecule has 0 aromatic rings. The standard InChI is InChI=1S/C16H28O7/c1-9(2)21-14(18)11(15(19)22-10(3)4)7-12(17)13-8-20-16(5,6)23-13/h9-13,17H,7-8H2,1-6H3/t12-,13+/m1/s1. The van der Waals surface area contributed by atoms with Gasteiger partial charge in [-0.3, -0.25) is 9.59 Å². The van der Waals surface area contributed by atoms with E-state index in [2.05, 4.69) is 0 Å². The number of carbonyl (C=O) groups excluding carboxylic acids is 2. The molecule has 134 valence electrons. The Labute approximate surface area is 137 Å². The molecule has 0 unspecified atom stereocenters. The van der Waals surface area contributed by atoms with Crippen LogP contribution in [-0.4, -0.2) is 53.9 Å². The molecule has 7 heteroatoms. The van der Waals surface area contributed by atoms with E-state index in [-0.39, 0.29) is 25.2 Å². The maximum Gasteiger partial charge on any atom is 0.320 e. The second kappa shape index (κ2) is 8.08. The molecule has 0 aliphatic carbocycles. The van der Waals surface area contributed by atoms with Crippen LogP contribution in [0.2, 0.25) is 0 Å². The Morgan fingerprint density at radius 1 is 1.13 bits per heavy atom. The second-order valence-electron chi connectivity index (χ2n) is 6.69. The lowest BCUT2D eigenvalue weighted by Crippen LogP contribution is -2.38. The van der Waals surface area contributed by atoms with Crippen LogP contribution in [-0.2, 0) is 28.5 Å². The van der Waals surface area contributed by atoms with Gasteiger partial charge in [0.15, 0.2) is 11.7 Å². The third kappa shape index (κ3) is 6.45. The van der Waals surface area contributed by atoms with Crippen molar-refractivity contribution in [2.45, 2.75) is 78.2 Å². The van der Waals surface area contributed by atoms with Crippen molar-refractivity contribution in [3.05, 3.63) is 0 Å². The minimum atomic E-state index is -1.19. The topological polar surface area (TPSA) is 91.3 Å². The highest BCUT2D eigenvalue weighted by molar-refractivity contribution is 5.95. The molecule has 0 radical (unpaired) electrons. The van der Waals surface area contributed by atoms with E-state index in [9.17, 15) is 14.7 Å². The van der Waals surface area contributed by atoms with Gasteiger partial charge in [0.25, 0.3) is 0 Å². The SMILES string of the molecule is CC(C)OC(=O)C(C[C@@H](O)[C@@H]1COC(C)(C)O1)C(=O)OC(C)C. The van der Waals surface area contributed by atoms with Crippen LogP contribution in [0.25, 0.3) is 0 Å². The van der Waals surface area contributed by atoms with Crippen LogP contribution in [0.5, 0.6) is 0 Å². The number of rotatable bonds is 7. The summed E-state index contributed by atoms with van der Waals surface area (Å²) in [5.74, 6) is -3.40. The molecule has 0 spiro atoms. The highest BCUT2D eigenvalue weighted by Gasteiger charge is 2.41. The van der Waals surface area contributed by atoms with Crippen molar-refractivity contribution >= 4 is 11.9 Å². The van der Waals surface area contributed by atoms with Gasteiger partial charge in [-0.1, -0.05) is 0 Å². The highest BCUT2D eigenvalue weighted by Crippen LogP contribution is 2.27. The minimum absolute atomic E-state index is 0.138. The fourth-order valence-electron chi connectivity index (χ4n) is 2.22. The largest absolute Gasteiger partial charge is 0.462 e. The zero-order valence-corrected chi connectivity index (χ0v) is 14.7. The summed E-state index contributed by atoms with van der Waals surface area (Å²) >= 11 is 0. The van der Waals surface area contributed by atoms with Gasteiger partial charge in [-0.2, -0.15) is 0 Å². The molecule has 7 nitrogen and oxygen atoms in total. The van der Waals surface area contributed by atoms with Crippen LogP contribution < -0.4 is 0 Å². The number of hydrogen-bond donors (Lipinski definition) is 1. The summed E-state index contributed by atoms with van der Waals surface area (Å²) in [5, 5.41) is 10.3. The summed E-state index contributed by atoms with van der Waals surface area (Å²) in [5.41, 5.74) is 0. The Hall–Kier alpha value is -1.18. The van der Waals surface area contributed by atoms with Gasteiger partial charge in [0.1, 0.15) is 6.10 Å². The van der Waals surface area contributed by atoms with E-state index in [0.29, 0.717) is 0 Å². The van der Waals surface area contributed by atoms with E-state index >= 15 is 0 Å². The van der Waals surface area contributed by atoms with Crippen LogP contribution in [0.3, 0.4) is 0 Å². The number of aliphatic hydroxyl groups is 1. The van der Waals surface area contributed by atoms with Gasteiger partial charge in [-0.25, -0.2) is 0 Å². The molecule has 23 heavy (non-hydrogen) atoms. The molecule has 0 amide bonds. The molecule has 1 saturated heterocycles. The molecule has 1 rings (SSSR count). The quantitative estimate of drug-likeness (QED) is 0.556. The Morgan fingerprint density at radius 3 is 1.96 bits per heavy atom. The molecule has 2 atom stereocenters. The molecule has 1 N–H and O–H groups in total. The fraction of sp³-hybridized carbons (Fsp3) is 0.875. The number of carbonyl (C=O) groups is 2. The van der Waals surface area contributed by atoms with Gasteiger partial charge in [0.05, 0.1) is 24.9 Å². The van der Waals surface area contributed by atoms with Crippen molar-refractivity contribution in [2.24, 2.45) is 5.92 Å². The molecule has 1 fully saturated rings. The average Bonchev–Trinajstić information content (AvgIpc) is 2.74. The van der Waals surface area contributed by atoms with Crippen molar-refractivity contribution in [3.8, 4) is 0 Å². The summed E-state index contributed by atoms with van der Waals surface area (Å²) in [6.07, 6.45) is -2.51. The van der Waals surface area contributed by atoms with Crippen molar-refractivity contribution in [1.29, 1.82) is 0 Å². The summed E-state index contributed by atoms with van der Waals surface area (Å²) in [4.78, 5) is 24.3. The number of hydrogen-bond acceptors (Lipinski definition) is 7. The number of ether oxygens (including phenoxy) is 4. The summed E-state index contributed by atoms with van der Waals surface area (Å²) in [7, 11) is 0. The Balaban J connectivity index is 2.75. The van der Waals surface area contributed by atoms with Crippen LogP contribution in [0.1, 0.15) is 48.0 Å². The first-order valence-corrected chi connectivity index (χ1v) is 7.92. The zero-order valence-electron chi connectivity index (χ0n) is 14.7. The van der Waals surface area contributed by atoms with Crippen LogP contribution in [0, 0.1) is 5.92 Å². The number of esters is 2. The first-order valence-electron chi connectivity index (χ1n) is 7.92. The average molecular weight is 332 g/mol. The molecular weight excluding hydrogens is 304 g/mol. The van der Waals surface area contributed by atoms with Crippen molar-refractivity contribution in [1.82, 2.24) is 0 Å². The lowest BCUT2D eigenvalue weighted by Gasteiger charge is -2.24. The van der Waals surface area contributed by atoms with Gasteiger partial charge in [0.2, 0.25) is 0 Å². The molecule has 0 saturated carbocycles. The minimum Gasteiger partial charge on any atom is -0.462 e. The normalized spacial score (nSPS) is 21.7. The smallest absolute Gasteiger partial charge is 0.320 e. The third-order valence-corrected chi connectivity index (χ3v) is 3.21. The first kappa shape index (κ1) is 19.9. The fourth-order valence-corrected chi connectivity index (χ4v) is 2.22. The van der Waals surface area contributed by atoms with Crippen LogP contribution in [0.4, 0.5) is 0 Å². The summed E-state index contributed by atoms with van der Waals surface area (Å²) < 4.78 is 21.1. The van der Waals surface area contributed by atoms with Gasteiger partial charge in [-0.15, -0.1) is 0 Å². The summed E-state index contributed by atoms with van der Waals surface area (Å²) in [6.45, 7) is 10.4. The molecule has 0 aromatic carbocycles. The predicted octanol–water partition coefficient (Wildman–Crippen LogP) is 1.41. The predicted molar refractivity (Wildman–Crippen MR) is 81.5 cm³/mol. The Morgan fingerprint density at radius 2 is 1.61 bits per heavy atom. The molecule has 1 heterocycles. The van der Waals surface area contributed by atoms with Crippen molar-refractivity contribution < 1.29 is 33.6 Å². The van der Waals surface area contributed by atoms with Crippen LogP contribution >= 0.6 is 0 Å². The molecule has 1 aliphatic rings. The van der Waals surface area contributed by atoms with E-state index in [1.807, 2.05) is 0 Å². The molecule has 1 aliphatic heterocycles. The van der Waals surface area contributed by atoms with Crippen molar-refractivity contribution in [2.75, 3.05) is 6.61 Å². The maximum absolute atomic E-state index is 12.1. The van der Waals surface area contributed by atoms with Gasteiger partial charge >= 0.3 is 11.9 Å². The van der Waals surface area contributed by atoms with Gasteiger partial charge < -0.3 is 24.1 Å². The lowest BCUT2D eigenvalue weighted by molar-refractivity contribution is -0.171. The molecule has 0 bridgehead atoms. The first-order chi connectivity index (χ1) is 10.5. The van der Waals surface area contributed by atoms with Crippen molar-refractivity contribution in [3.63, 3.8) is 0 Å². The van der Waals surface area contributed by atoms with E-state index in [1.165, 1.54) is 0 Å². The monoisotopic (exact) mass is 332 g/mol.